The maximum absolute atomic E-state index is 12.5. The van der Waals surface area contributed by atoms with E-state index in [9.17, 15) is 9.00 Å². The van der Waals surface area contributed by atoms with Crippen LogP contribution in [0.25, 0.3) is 0 Å². The molecule has 1 aromatic rings. The van der Waals surface area contributed by atoms with Gasteiger partial charge in [0.25, 0.3) is 5.91 Å². The third-order valence-electron chi connectivity index (χ3n) is 3.20. The molecule has 1 aliphatic rings. The molecule has 2 heterocycles. The Hall–Kier alpha value is -1.74. The zero-order valence-corrected chi connectivity index (χ0v) is 11.4. The number of hydrogen-bond acceptors (Lipinski definition) is 4. The zero-order chi connectivity index (χ0) is 13.6. The Morgan fingerprint density at radius 2 is 2.22 bits per heavy atom. The Morgan fingerprint density at radius 3 is 2.78 bits per heavy atom. The van der Waals surface area contributed by atoms with Crippen molar-refractivity contribution in [3.8, 4) is 6.07 Å². The van der Waals surface area contributed by atoms with Crippen molar-refractivity contribution in [2.24, 2.45) is 0 Å². The fourth-order valence-corrected chi connectivity index (χ4v) is 3.74. The number of carbonyl (C=O) groups excluding carboxylic acids is 1. The van der Waals surface area contributed by atoms with Gasteiger partial charge < -0.3 is 0 Å². The predicted molar refractivity (Wildman–Crippen MR) is 68.7 cm³/mol. The first kappa shape index (κ1) is 12.7. The van der Waals surface area contributed by atoms with Crippen LogP contribution in [-0.4, -0.2) is 20.9 Å². The highest BCUT2D eigenvalue weighted by Crippen LogP contribution is 2.31. The molecule has 0 unspecified atom stereocenters. The number of hydrogen-bond donors (Lipinski definition) is 2. The fraction of sp³-hybridized carbons (Fsp3) is 0.417. The number of rotatable bonds is 2. The number of nitriles is 1. The molecule has 0 saturated carbocycles. The highest BCUT2D eigenvalue weighted by Gasteiger charge is 2.35. The van der Waals surface area contributed by atoms with Crippen molar-refractivity contribution in [1.82, 2.24) is 9.71 Å². The second-order valence-electron chi connectivity index (χ2n) is 4.83. The molecule has 2 rings (SSSR count). The third-order valence-corrected chi connectivity index (χ3v) is 5.77. The molecule has 0 spiro atoms. The Morgan fingerprint density at radius 1 is 1.56 bits per heavy atom. The monoisotopic (exact) mass is 265 g/mol. The van der Waals surface area contributed by atoms with Crippen LogP contribution in [0.5, 0.6) is 0 Å². The van der Waals surface area contributed by atoms with Crippen LogP contribution in [0.1, 0.15) is 36.8 Å². The topological polar surface area (TPSA) is 82.8 Å². The van der Waals surface area contributed by atoms with Crippen molar-refractivity contribution >= 4 is 16.0 Å². The Labute approximate surface area is 107 Å². The highest BCUT2D eigenvalue weighted by atomic mass is 32.3. The lowest BCUT2D eigenvalue weighted by Gasteiger charge is -2.19. The second kappa shape index (κ2) is 3.89. The maximum Gasteiger partial charge on any atom is 0.281 e. The van der Waals surface area contributed by atoms with E-state index in [1.165, 1.54) is 6.20 Å². The first-order chi connectivity index (χ1) is 8.34. The molecule has 0 fully saturated rings. The molecule has 0 bridgehead atoms. The minimum atomic E-state index is -2.88. The third kappa shape index (κ3) is 1.71. The maximum atomic E-state index is 12.5. The summed E-state index contributed by atoms with van der Waals surface area (Å²) in [5.74, 6) is -0.0411. The number of carbonyl (C=O) groups is 1. The molecule has 1 aliphatic heterocycles. The van der Waals surface area contributed by atoms with Gasteiger partial charge in [0.1, 0.15) is 5.69 Å². The van der Waals surface area contributed by atoms with Gasteiger partial charge >= 0.3 is 0 Å². The normalized spacial score (nSPS) is 18.7. The van der Waals surface area contributed by atoms with E-state index in [4.69, 9.17) is 5.26 Å². The van der Waals surface area contributed by atoms with E-state index >= 15 is 0 Å². The molecule has 18 heavy (non-hydrogen) atoms. The summed E-state index contributed by atoms with van der Waals surface area (Å²) in [6.07, 6.45) is 1.51. The van der Waals surface area contributed by atoms with Gasteiger partial charge in [0.15, 0.2) is 0 Å². The molecular formula is C12H15N3O2S. The summed E-state index contributed by atoms with van der Waals surface area (Å²) in [6, 6.07) is 3.84. The van der Waals surface area contributed by atoms with Gasteiger partial charge in [0, 0.05) is 11.9 Å². The van der Waals surface area contributed by atoms with Gasteiger partial charge in [-0.2, -0.15) is 5.26 Å². The first-order valence-electron chi connectivity index (χ1n) is 5.68. The molecular weight excluding hydrogens is 250 g/mol. The van der Waals surface area contributed by atoms with Crippen molar-refractivity contribution < 1.29 is 9.00 Å². The molecule has 6 heteroatoms. The summed E-state index contributed by atoms with van der Waals surface area (Å²) in [5.41, 5.74) is 0.179. The summed E-state index contributed by atoms with van der Waals surface area (Å²) in [5, 5.41) is 9.11. The van der Waals surface area contributed by atoms with Gasteiger partial charge in [-0.25, -0.2) is 4.98 Å². The molecule has 0 aliphatic carbocycles. The fourth-order valence-electron chi connectivity index (χ4n) is 1.84. The Kier molecular flexibility index (Phi) is 2.74. The van der Waals surface area contributed by atoms with E-state index in [1.54, 1.807) is 26.8 Å². The quantitative estimate of drug-likeness (QED) is 0.779. The lowest BCUT2D eigenvalue weighted by Crippen LogP contribution is -2.30. The minimum absolute atomic E-state index is 0.220. The molecule has 1 N–H and O–H groups in total. The van der Waals surface area contributed by atoms with Gasteiger partial charge in [-0.1, -0.05) is 6.92 Å². The highest BCUT2D eigenvalue weighted by molar-refractivity contribution is 8.02. The molecule has 0 radical (unpaired) electrons. The summed E-state index contributed by atoms with van der Waals surface area (Å²) < 4.78 is 15.0. The van der Waals surface area contributed by atoms with E-state index in [-0.39, 0.29) is 5.69 Å². The van der Waals surface area contributed by atoms with E-state index in [0.717, 1.165) is 0 Å². The van der Waals surface area contributed by atoms with Crippen LogP contribution in [0.3, 0.4) is 0 Å². The summed E-state index contributed by atoms with van der Waals surface area (Å²) in [4.78, 5) is 16.2. The van der Waals surface area contributed by atoms with Crippen molar-refractivity contribution in [3.63, 3.8) is 0 Å². The van der Waals surface area contributed by atoms with E-state index in [1.807, 2.05) is 0 Å². The molecule has 0 saturated heterocycles. The average molecular weight is 265 g/mol. The number of nitrogens with zero attached hydrogens (tertiary/aromatic N) is 2. The number of amides is 1. The average Bonchev–Trinajstić information content (AvgIpc) is 2.62. The summed E-state index contributed by atoms with van der Waals surface area (Å²) in [7, 11) is -2.88. The van der Waals surface area contributed by atoms with Crippen LogP contribution >= 0.6 is 0 Å². The summed E-state index contributed by atoms with van der Waals surface area (Å²) >= 11 is 0. The second-order valence-corrected chi connectivity index (χ2v) is 7.64. The van der Waals surface area contributed by atoms with Crippen LogP contribution in [0.15, 0.2) is 17.2 Å². The van der Waals surface area contributed by atoms with Crippen LogP contribution in [0, 0.1) is 11.3 Å². The molecule has 0 aromatic carbocycles. The number of nitrogens with one attached hydrogen (secondary N) is 1. The molecule has 0 atom stereocenters. The van der Waals surface area contributed by atoms with Crippen molar-refractivity contribution in [1.29, 1.82) is 5.26 Å². The van der Waals surface area contributed by atoms with E-state index in [2.05, 4.69) is 15.8 Å². The van der Waals surface area contributed by atoms with Gasteiger partial charge in [-0.05, 0) is 35.6 Å². The van der Waals surface area contributed by atoms with Crippen molar-refractivity contribution in [2.45, 2.75) is 31.1 Å². The molecule has 96 valence electrons. The summed E-state index contributed by atoms with van der Waals surface area (Å²) in [6.45, 7) is 5.28. The molecule has 1 aromatic heterocycles. The first-order valence-corrected chi connectivity index (χ1v) is 7.57. The number of thiol groups is 1. The number of pyridine rings is 1. The number of aromatic nitrogens is 1. The zero-order valence-electron chi connectivity index (χ0n) is 10.5. The Balaban J connectivity index is 2.64. The smallest absolute Gasteiger partial charge is 0.281 e. The van der Waals surface area contributed by atoms with Crippen LogP contribution in [0.2, 0.25) is 0 Å². The largest absolute Gasteiger partial charge is 0.288 e. The SMILES string of the molecule is CC[SH]1(=O)NC(=O)c2ncc(C(C)(C)C#N)cc21. The van der Waals surface area contributed by atoms with Gasteiger partial charge in [0.2, 0.25) is 0 Å². The van der Waals surface area contributed by atoms with Crippen LogP contribution < -0.4 is 4.72 Å². The van der Waals surface area contributed by atoms with Gasteiger partial charge in [0.05, 0.1) is 16.4 Å². The lowest BCUT2D eigenvalue weighted by atomic mass is 9.87. The standard InChI is InChI=1S/C12H15N3O2S/c1-4-18(17)9-5-8(12(2,3)7-13)6-14-10(9)11(16)15-18/h5-6,18H,4H2,1-3H3,(H,15,16,17). The predicted octanol–water partition coefficient (Wildman–Crippen LogP) is 0.937. The van der Waals surface area contributed by atoms with Gasteiger partial charge in [-0.3, -0.25) is 13.7 Å². The number of fused-ring (bicyclic) bond motifs is 1. The molecule has 5 nitrogen and oxygen atoms in total. The van der Waals surface area contributed by atoms with Crippen molar-refractivity contribution in [3.05, 3.63) is 23.5 Å². The van der Waals surface area contributed by atoms with Gasteiger partial charge in [-0.15, -0.1) is 0 Å². The van der Waals surface area contributed by atoms with E-state index in [0.29, 0.717) is 16.2 Å². The minimum Gasteiger partial charge on any atom is -0.288 e. The van der Waals surface area contributed by atoms with Crippen LogP contribution in [-0.2, 0) is 15.5 Å². The van der Waals surface area contributed by atoms with Crippen molar-refractivity contribution in [2.75, 3.05) is 5.75 Å². The lowest BCUT2D eigenvalue weighted by molar-refractivity contribution is 0.0980. The van der Waals surface area contributed by atoms with E-state index < -0.39 is 21.4 Å². The van der Waals surface area contributed by atoms with Crippen LogP contribution in [0.4, 0.5) is 0 Å². The molecule has 1 amide bonds. The Bertz CT molecular complexity index is 616.